The average Bonchev–Trinajstić information content (AvgIpc) is 2.63. The number of H-pyrrole nitrogens is 1. The summed E-state index contributed by atoms with van der Waals surface area (Å²) in [4.78, 5) is 13.7. The highest BCUT2D eigenvalue weighted by Gasteiger charge is 2.22. The number of fused-ring (bicyclic) bond motifs is 1. The van der Waals surface area contributed by atoms with Gasteiger partial charge in [0.05, 0.1) is 11.6 Å². The SMILES string of the molecule is O=c1[nH]c2ccc(C(O)C3CCCCCC3)cc2o1. The van der Waals surface area contributed by atoms with E-state index in [-0.39, 0.29) is 0 Å². The maximum absolute atomic E-state index is 11.1. The topological polar surface area (TPSA) is 66.2 Å². The zero-order valence-electron chi connectivity index (χ0n) is 10.9. The largest absolute Gasteiger partial charge is 0.417 e. The van der Waals surface area contributed by atoms with E-state index in [1.807, 2.05) is 6.07 Å². The van der Waals surface area contributed by atoms with Crippen molar-refractivity contribution in [3.63, 3.8) is 0 Å². The fraction of sp³-hybridized carbons (Fsp3) is 0.533. The van der Waals surface area contributed by atoms with E-state index in [1.54, 1.807) is 12.1 Å². The normalized spacial score (nSPS) is 19.4. The highest BCUT2D eigenvalue weighted by Crippen LogP contribution is 2.34. The molecule has 1 aromatic heterocycles. The number of aliphatic hydroxyl groups is 1. The van der Waals surface area contributed by atoms with Gasteiger partial charge in [-0.3, -0.25) is 4.98 Å². The van der Waals surface area contributed by atoms with Crippen molar-refractivity contribution >= 4 is 11.1 Å². The van der Waals surface area contributed by atoms with Crippen molar-refractivity contribution in [2.45, 2.75) is 44.6 Å². The summed E-state index contributed by atoms with van der Waals surface area (Å²) in [5.74, 6) is -0.123. The monoisotopic (exact) mass is 261 g/mol. The smallest absolute Gasteiger partial charge is 0.408 e. The number of hydrogen-bond donors (Lipinski definition) is 2. The third-order valence-electron chi connectivity index (χ3n) is 4.13. The lowest BCUT2D eigenvalue weighted by atomic mass is 9.89. The molecule has 0 amide bonds. The number of oxazole rings is 1. The van der Waals surface area contributed by atoms with Crippen LogP contribution < -0.4 is 5.76 Å². The van der Waals surface area contributed by atoms with Crippen molar-refractivity contribution in [1.82, 2.24) is 4.98 Å². The first-order chi connectivity index (χ1) is 9.24. The zero-order chi connectivity index (χ0) is 13.2. The summed E-state index contributed by atoms with van der Waals surface area (Å²) in [6.45, 7) is 0. The molecule has 1 heterocycles. The molecule has 0 saturated heterocycles. The fourth-order valence-electron chi connectivity index (χ4n) is 3.04. The van der Waals surface area contributed by atoms with E-state index in [2.05, 4.69) is 4.98 Å². The number of nitrogens with one attached hydrogen (secondary N) is 1. The molecule has 1 aromatic carbocycles. The van der Waals surface area contributed by atoms with Gasteiger partial charge in [0.25, 0.3) is 0 Å². The third kappa shape index (κ3) is 2.59. The number of aromatic nitrogens is 1. The van der Waals surface area contributed by atoms with Crippen molar-refractivity contribution in [3.8, 4) is 0 Å². The lowest BCUT2D eigenvalue weighted by Gasteiger charge is -2.21. The van der Waals surface area contributed by atoms with E-state index < -0.39 is 11.9 Å². The van der Waals surface area contributed by atoms with Gasteiger partial charge in [-0.15, -0.1) is 0 Å². The van der Waals surface area contributed by atoms with Gasteiger partial charge in [-0.2, -0.15) is 0 Å². The molecule has 1 fully saturated rings. The van der Waals surface area contributed by atoms with Crippen LogP contribution in [0, 0.1) is 5.92 Å². The van der Waals surface area contributed by atoms with Gasteiger partial charge in [0.15, 0.2) is 5.58 Å². The minimum Gasteiger partial charge on any atom is -0.408 e. The Bertz CT molecular complexity index is 605. The Balaban J connectivity index is 1.87. The van der Waals surface area contributed by atoms with E-state index >= 15 is 0 Å². The molecule has 2 N–H and O–H groups in total. The van der Waals surface area contributed by atoms with Crippen molar-refractivity contribution in [2.75, 3.05) is 0 Å². The van der Waals surface area contributed by atoms with E-state index in [0.717, 1.165) is 18.4 Å². The molecule has 1 saturated carbocycles. The molecule has 1 aliphatic carbocycles. The summed E-state index contributed by atoms with van der Waals surface area (Å²) in [6.07, 6.45) is 6.64. The molecule has 2 aromatic rings. The van der Waals surface area contributed by atoms with Gasteiger partial charge in [-0.1, -0.05) is 31.7 Å². The Morgan fingerprint density at radius 3 is 2.68 bits per heavy atom. The van der Waals surface area contributed by atoms with Gasteiger partial charge in [0, 0.05) is 0 Å². The molecule has 1 aliphatic rings. The molecule has 4 heteroatoms. The minimum absolute atomic E-state index is 0.325. The van der Waals surface area contributed by atoms with E-state index in [9.17, 15) is 9.90 Å². The molecule has 1 atom stereocenters. The summed E-state index contributed by atoms with van der Waals surface area (Å²) in [5, 5.41) is 10.5. The van der Waals surface area contributed by atoms with Crippen LogP contribution in [0.25, 0.3) is 11.1 Å². The molecule has 0 radical (unpaired) electrons. The third-order valence-corrected chi connectivity index (χ3v) is 4.13. The molecular formula is C15H19NO3. The highest BCUT2D eigenvalue weighted by atomic mass is 16.4. The first kappa shape index (κ1) is 12.5. The molecule has 19 heavy (non-hydrogen) atoms. The first-order valence-corrected chi connectivity index (χ1v) is 7.05. The van der Waals surface area contributed by atoms with Gasteiger partial charge in [-0.25, -0.2) is 4.79 Å². The van der Waals surface area contributed by atoms with Crippen LogP contribution in [0.5, 0.6) is 0 Å². The van der Waals surface area contributed by atoms with Crippen molar-refractivity contribution in [3.05, 3.63) is 34.3 Å². The number of rotatable bonds is 2. The molecule has 3 rings (SSSR count). The van der Waals surface area contributed by atoms with Crippen LogP contribution in [0.2, 0.25) is 0 Å². The Kier molecular flexibility index (Phi) is 3.42. The van der Waals surface area contributed by atoms with Crippen LogP contribution in [0.1, 0.15) is 50.2 Å². The maximum Gasteiger partial charge on any atom is 0.417 e. The van der Waals surface area contributed by atoms with E-state index in [0.29, 0.717) is 17.0 Å². The van der Waals surface area contributed by atoms with Crippen molar-refractivity contribution < 1.29 is 9.52 Å². The molecule has 0 bridgehead atoms. The second-order valence-electron chi connectivity index (χ2n) is 5.47. The number of aliphatic hydroxyl groups excluding tert-OH is 1. The standard InChI is InChI=1S/C15H19NO3/c17-14(10-5-3-1-2-4-6-10)11-7-8-12-13(9-11)19-15(18)16-12/h7-10,14,17H,1-6H2,(H,16,18). The molecule has 0 aliphatic heterocycles. The minimum atomic E-state index is -0.456. The Morgan fingerprint density at radius 1 is 1.21 bits per heavy atom. The second-order valence-corrected chi connectivity index (χ2v) is 5.47. The Morgan fingerprint density at radius 2 is 1.95 bits per heavy atom. The summed E-state index contributed by atoms with van der Waals surface area (Å²) >= 11 is 0. The second kappa shape index (κ2) is 5.21. The predicted molar refractivity (Wildman–Crippen MR) is 73.0 cm³/mol. The van der Waals surface area contributed by atoms with Gasteiger partial charge in [0.2, 0.25) is 0 Å². The van der Waals surface area contributed by atoms with Gasteiger partial charge >= 0.3 is 5.76 Å². The molecule has 1 unspecified atom stereocenters. The lowest BCUT2D eigenvalue weighted by molar-refractivity contribution is 0.0988. The van der Waals surface area contributed by atoms with E-state index in [1.165, 1.54) is 25.7 Å². The summed E-state index contributed by atoms with van der Waals surface area (Å²) < 4.78 is 5.05. The van der Waals surface area contributed by atoms with Crippen molar-refractivity contribution in [2.24, 2.45) is 5.92 Å². The van der Waals surface area contributed by atoms with Gasteiger partial charge in [-0.05, 0) is 36.5 Å². The van der Waals surface area contributed by atoms with Gasteiger partial charge < -0.3 is 9.52 Å². The van der Waals surface area contributed by atoms with Crippen LogP contribution in [-0.4, -0.2) is 10.1 Å². The van der Waals surface area contributed by atoms with Crippen LogP contribution in [0.15, 0.2) is 27.4 Å². The summed E-state index contributed by atoms with van der Waals surface area (Å²) in [5.41, 5.74) is 2.05. The molecule has 4 nitrogen and oxygen atoms in total. The Labute approximate surface area is 111 Å². The summed E-state index contributed by atoms with van der Waals surface area (Å²) in [6, 6.07) is 5.46. The molecule has 0 spiro atoms. The molecular weight excluding hydrogens is 242 g/mol. The fourth-order valence-corrected chi connectivity index (χ4v) is 3.04. The predicted octanol–water partition coefficient (Wildman–Crippen LogP) is 3.12. The van der Waals surface area contributed by atoms with Crippen molar-refractivity contribution in [1.29, 1.82) is 0 Å². The quantitative estimate of drug-likeness (QED) is 0.816. The average molecular weight is 261 g/mol. The summed E-state index contributed by atoms with van der Waals surface area (Å²) in [7, 11) is 0. The number of aromatic amines is 1. The zero-order valence-corrected chi connectivity index (χ0v) is 10.9. The van der Waals surface area contributed by atoms with Gasteiger partial charge in [0.1, 0.15) is 0 Å². The first-order valence-electron chi connectivity index (χ1n) is 7.05. The lowest BCUT2D eigenvalue weighted by Crippen LogP contribution is -2.11. The van der Waals surface area contributed by atoms with Crippen LogP contribution in [0.4, 0.5) is 0 Å². The maximum atomic E-state index is 11.1. The molecule has 102 valence electrons. The van der Waals surface area contributed by atoms with Crippen LogP contribution >= 0.6 is 0 Å². The number of hydrogen-bond acceptors (Lipinski definition) is 3. The highest BCUT2D eigenvalue weighted by molar-refractivity contribution is 5.72. The number of benzene rings is 1. The van der Waals surface area contributed by atoms with E-state index in [4.69, 9.17) is 4.42 Å². The Hall–Kier alpha value is -1.55. The van der Waals surface area contributed by atoms with Crippen LogP contribution in [-0.2, 0) is 0 Å². The van der Waals surface area contributed by atoms with Crippen LogP contribution in [0.3, 0.4) is 0 Å².